The monoisotopic (exact) mass is 664 g/mol. The summed E-state index contributed by atoms with van der Waals surface area (Å²) < 4.78 is 0. The van der Waals surface area contributed by atoms with Crippen LogP contribution in [0.4, 0.5) is 4.79 Å². The number of likely N-dealkylation sites (N-methyl/N-ethyl adjacent to an activating group) is 2. The highest BCUT2D eigenvalue weighted by molar-refractivity contribution is 6.45. The van der Waals surface area contributed by atoms with E-state index in [4.69, 9.17) is 6.42 Å². The summed E-state index contributed by atoms with van der Waals surface area (Å²) >= 11 is 0. The molecule has 0 bridgehead atoms. The lowest BCUT2D eigenvalue weighted by Crippen LogP contribution is -2.59. The third-order valence-corrected chi connectivity index (χ3v) is 11.5. The molecule has 2 unspecified atom stereocenters. The lowest BCUT2D eigenvalue weighted by Gasteiger charge is -2.42. The van der Waals surface area contributed by atoms with Gasteiger partial charge in [-0.25, -0.2) is 4.79 Å². The normalized spacial score (nSPS) is 21.4. The summed E-state index contributed by atoms with van der Waals surface area (Å²) in [7, 11) is 2.96. The van der Waals surface area contributed by atoms with Crippen LogP contribution in [-0.2, 0) is 15.0 Å². The molecule has 258 valence electrons. The topological polar surface area (TPSA) is 112 Å². The molecule has 2 aromatic carbocycles. The lowest BCUT2D eigenvalue weighted by atomic mass is 9.73. The Bertz CT molecular complexity index is 1730. The number of carbonyl (C=O) groups excluding carboxylic acids is 3. The van der Waals surface area contributed by atoms with E-state index in [0.29, 0.717) is 26.1 Å². The molecule has 1 spiro atoms. The van der Waals surface area contributed by atoms with Crippen LogP contribution in [0, 0.1) is 12.3 Å². The van der Waals surface area contributed by atoms with Crippen molar-refractivity contribution in [3.63, 3.8) is 0 Å². The largest absolute Gasteiger partial charge is 0.437 e. The van der Waals surface area contributed by atoms with Crippen LogP contribution in [-0.4, -0.2) is 113 Å². The van der Waals surface area contributed by atoms with E-state index in [1.807, 2.05) is 59.2 Å². The van der Waals surface area contributed by atoms with Crippen molar-refractivity contribution in [2.75, 3.05) is 46.8 Å². The summed E-state index contributed by atoms with van der Waals surface area (Å²) in [4.78, 5) is 52.5. The molecule has 2 aliphatic heterocycles. The van der Waals surface area contributed by atoms with E-state index in [-0.39, 0.29) is 47.7 Å². The Balaban J connectivity index is 1.22. The highest BCUT2D eigenvalue weighted by Crippen LogP contribution is 2.52. The SMILES string of the molecule is C#CCN(C)C(=O)[C@@H]1CC2(CCN(C(=O)C(NC(=O)N(C)C3CCCN(B(C)O)C3)[C@H](C)c3c[nH]c4ccccc34)CC2)c2ccccc21. The van der Waals surface area contributed by atoms with E-state index < -0.39 is 13.1 Å². The van der Waals surface area contributed by atoms with Gasteiger partial charge in [0.05, 0.1) is 12.5 Å². The van der Waals surface area contributed by atoms with Gasteiger partial charge < -0.3 is 34.8 Å². The highest BCUT2D eigenvalue weighted by atomic mass is 16.2. The van der Waals surface area contributed by atoms with Crippen molar-refractivity contribution in [2.45, 2.75) is 75.2 Å². The zero-order chi connectivity index (χ0) is 34.9. The molecule has 6 rings (SSSR count). The maximum Gasteiger partial charge on any atom is 0.376 e. The standard InChI is InChI=1S/C38H49BN6O4/c1-6-19-42(4)35(46)30-23-38(32-15-9-7-13-28(30)32)17-21-44(22-18-38)36(47)34(26(2)31-24-40-33-16-10-8-14-29(31)33)41-37(48)43(5)27-12-11-20-45(25-27)39(3)49/h1,7-10,13-16,24,26-27,30,34,40,49H,11-12,17-23,25H2,2-5H3,(H,41,48)/t26-,27?,30-,34?/m1/s1. The van der Waals surface area contributed by atoms with Crippen LogP contribution >= 0.6 is 0 Å². The molecular weight excluding hydrogens is 615 g/mol. The van der Waals surface area contributed by atoms with Gasteiger partial charge in [0, 0.05) is 68.2 Å². The van der Waals surface area contributed by atoms with Crippen molar-refractivity contribution >= 4 is 35.8 Å². The summed E-state index contributed by atoms with van der Waals surface area (Å²) in [6.45, 7) is 6.46. The number of aromatic nitrogens is 1. The second kappa shape index (κ2) is 14.3. The summed E-state index contributed by atoms with van der Waals surface area (Å²) in [5.74, 6) is 1.95. The molecule has 1 aromatic heterocycles. The third-order valence-electron chi connectivity index (χ3n) is 11.5. The fourth-order valence-corrected chi connectivity index (χ4v) is 8.51. The van der Waals surface area contributed by atoms with Gasteiger partial charge in [0.15, 0.2) is 0 Å². The fraction of sp³-hybridized carbons (Fsp3) is 0.500. The summed E-state index contributed by atoms with van der Waals surface area (Å²) in [5, 5.41) is 14.4. The Hall–Kier alpha value is -4.27. The molecule has 1 aliphatic carbocycles. The van der Waals surface area contributed by atoms with Crippen molar-refractivity contribution < 1.29 is 19.4 Å². The van der Waals surface area contributed by atoms with Gasteiger partial charge in [-0.1, -0.05) is 55.3 Å². The van der Waals surface area contributed by atoms with Crippen LogP contribution in [0.15, 0.2) is 54.7 Å². The number of hydrogen-bond acceptors (Lipinski definition) is 5. The van der Waals surface area contributed by atoms with Gasteiger partial charge in [-0.15, -0.1) is 6.42 Å². The number of H-pyrrole nitrogens is 1. The minimum absolute atomic E-state index is 0.0368. The van der Waals surface area contributed by atoms with E-state index in [0.717, 1.165) is 54.3 Å². The number of terminal acetylenes is 1. The zero-order valence-electron chi connectivity index (χ0n) is 29.2. The number of hydrogen-bond donors (Lipinski definition) is 3. The molecule has 3 N–H and O–H groups in total. The molecule has 2 saturated heterocycles. The number of fused-ring (bicyclic) bond motifs is 3. The van der Waals surface area contributed by atoms with Gasteiger partial charge >= 0.3 is 13.1 Å². The van der Waals surface area contributed by atoms with Crippen molar-refractivity contribution in [2.24, 2.45) is 0 Å². The number of aromatic amines is 1. The maximum absolute atomic E-state index is 14.6. The minimum Gasteiger partial charge on any atom is -0.437 e. The second-order valence-corrected chi connectivity index (χ2v) is 14.4. The molecule has 49 heavy (non-hydrogen) atoms. The van der Waals surface area contributed by atoms with Gasteiger partial charge in [-0.05, 0) is 68.2 Å². The quantitative estimate of drug-likeness (QED) is 0.249. The molecule has 11 heteroatoms. The molecule has 3 heterocycles. The number of carbonyl (C=O) groups is 3. The minimum atomic E-state index is -0.790. The first kappa shape index (κ1) is 34.6. The second-order valence-electron chi connectivity index (χ2n) is 14.4. The van der Waals surface area contributed by atoms with Crippen molar-refractivity contribution in [3.8, 4) is 12.3 Å². The van der Waals surface area contributed by atoms with E-state index in [1.165, 1.54) is 5.56 Å². The Morgan fingerprint density at radius 1 is 1.12 bits per heavy atom. The van der Waals surface area contributed by atoms with E-state index in [1.54, 1.807) is 30.7 Å². The Morgan fingerprint density at radius 3 is 2.57 bits per heavy atom. The Morgan fingerprint density at radius 2 is 1.84 bits per heavy atom. The molecule has 2 fully saturated rings. The molecule has 3 aromatic rings. The van der Waals surface area contributed by atoms with Crippen LogP contribution in [0.2, 0.25) is 6.82 Å². The number of piperidine rings is 2. The lowest BCUT2D eigenvalue weighted by molar-refractivity contribution is -0.136. The predicted octanol–water partition coefficient (Wildman–Crippen LogP) is 4.00. The third kappa shape index (κ3) is 6.69. The fourth-order valence-electron chi connectivity index (χ4n) is 8.51. The number of likely N-dealkylation sites (tertiary alicyclic amines) is 1. The molecule has 10 nitrogen and oxygen atoms in total. The first-order chi connectivity index (χ1) is 23.5. The number of para-hydroxylation sites is 1. The van der Waals surface area contributed by atoms with Gasteiger partial charge in [0.2, 0.25) is 11.8 Å². The molecule has 3 aliphatic rings. The van der Waals surface area contributed by atoms with Gasteiger partial charge in [-0.3, -0.25) is 9.59 Å². The number of nitrogens with zero attached hydrogens (tertiary/aromatic N) is 4. The number of benzene rings is 2. The van der Waals surface area contributed by atoms with Crippen molar-refractivity contribution in [1.29, 1.82) is 0 Å². The zero-order valence-corrected chi connectivity index (χ0v) is 29.2. The van der Waals surface area contributed by atoms with Gasteiger partial charge in [0.25, 0.3) is 0 Å². The summed E-state index contributed by atoms with van der Waals surface area (Å²) in [6, 6.07) is 15.1. The van der Waals surface area contributed by atoms with E-state index in [9.17, 15) is 19.4 Å². The first-order valence-corrected chi connectivity index (χ1v) is 17.6. The van der Waals surface area contributed by atoms with Crippen LogP contribution in [0.25, 0.3) is 10.9 Å². The average Bonchev–Trinajstić information content (AvgIpc) is 3.69. The highest BCUT2D eigenvalue weighted by Gasteiger charge is 2.49. The van der Waals surface area contributed by atoms with Gasteiger partial charge in [-0.2, -0.15) is 0 Å². The number of nitrogens with one attached hydrogen (secondary N) is 2. The van der Waals surface area contributed by atoms with Crippen molar-refractivity contribution in [1.82, 2.24) is 29.8 Å². The molecular formula is C38H49BN6O4. The van der Waals surface area contributed by atoms with Crippen LogP contribution in [0.3, 0.4) is 0 Å². The molecule has 4 atom stereocenters. The van der Waals surface area contributed by atoms with Gasteiger partial charge in [0.1, 0.15) is 6.04 Å². The van der Waals surface area contributed by atoms with E-state index >= 15 is 0 Å². The van der Waals surface area contributed by atoms with Crippen LogP contribution in [0.5, 0.6) is 0 Å². The molecule has 0 saturated carbocycles. The molecule has 0 radical (unpaired) electrons. The number of rotatable bonds is 8. The number of urea groups is 1. The van der Waals surface area contributed by atoms with Crippen LogP contribution in [0.1, 0.15) is 67.6 Å². The van der Waals surface area contributed by atoms with Crippen molar-refractivity contribution in [3.05, 3.63) is 71.4 Å². The number of amides is 4. The molecule has 4 amide bonds. The first-order valence-electron chi connectivity index (χ1n) is 17.6. The van der Waals surface area contributed by atoms with Crippen LogP contribution < -0.4 is 5.32 Å². The Kier molecular flexibility index (Phi) is 10.1. The smallest absolute Gasteiger partial charge is 0.376 e. The summed E-state index contributed by atoms with van der Waals surface area (Å²) in [5.41, 5.74) is 4.02. The van der Waals surface area contributed by atoms with E-state index in [2.05, 4.69) is 28.4 Å². The predicted molar refractivity (Wildman–Crippen MR) is 193 cm³/mol. The Labute approximate surface area is 290 Å². The average molecular weight is 665 g/mol. The summed E-state index contributed by atoms with van der Waals surface area (Å²) in [6.07, 6.45) is 11.4. The maximum atomic E-state index is 14.6.